The molecule has 1 atom stereocenters. The van der Waals surface area contributed by atoms with Gasteiger partial charge in [-0.05, 0) is 0 Å². The lowest BCUT2D eigenvalue weighted by Crippen LogP contribution is -2.32. The molecule has 1 saturated heterocycles. The number of carbonyl (C=O) groups is 1. The van der Waals surface area contributed by atoms with Crippen LogP contribution in [-0.2, 0) is 9.47 Å². The molecule has 1 fully saturated rings. The summed E-state index contributed by atoms with van der Waals surface area (Å²) >= 11 is 0. The number of anilines is 1. The quantitative estimate of drug-likeness (QED) is 0.662. The second-order valence-corrected chi connectivity index (χ2v) is 3.61. The van der Waals surface area contributed by atoms with Crippen molar-refractivity contribution in [1.82, 2.24) is 9.88 Å². The zero-order valence-electron chi connectivity index (χ0n) is 9.30. The van der Waals surface area contributed by atoms with Gasteiger partial charge in [0.1, 0.15) is 6.17 Å². The molecule has 1 aliphatic rings. The number of ether oxygens (including phenoxy) is 2. The van der Waals surface area contributed by atoms with Gasteiger partial charge in [-0.25, -0.2) is 4.79 Å². The van der Waals surface area contributed by atoms with E-state index in [4.69, 9.17) is 10.5 Å². The third kappa shape index (κ3) is 2.15. The van der Waals surface area contributed by atoms with Crippen LogP contribution in [0.15, 0.2) is 17.1 Å². The summed E-state index contributed by atoms with van der Waals surface area (Å²) in [7, 11) is 1.26. The largest absolute Gasteiger partial charge is 0.465 e. The third-order valence-corrected chi connectivity index (χ3v) is 2.55. The molecule has 0 radical (unpaired) electrons. The maximum absolute atomic E-state index is 11.7. The zero-order valence-corrected chi connectivity index (χ0v) is 9.30. The Morgan fingerprint density at radius 3 is 3.06 bits per heavy atom. The second-order valence-electron chi connectivity index (χ2n) is 3.61. The average molecular weight is 239 g/mol. The zero-order chi connectivity index (χ0) is 12.4. The standard InChI is InChI=1S/C10H13N3O4/c1-16-10(15)6-3-13(8-4-17-5-12-8)9(14)2-7(6)11/h2-3,8,12H,4-5,11H2,1H3. The van der Waals surface area contributed by atoms with E-state index in [1.165, 1.54) is 23.9 Å². The van der Waals surface area contributed by atoms with E-state index in [1.807, 2.05) is 0 Å². The van der Waals surface area contributed by atoms with Crippen LogP contribution in [0.2, 0.25) is 0 Å². The minimum atomic E-state index is -0.574. The van der Waals surface area contributed by atoms with Crippen molar-refractivity contribution in [2.75, 3.05) is 26.2 Å². The molecule has 1 aromatic rings. The van der Waals surface area contributed by atoms with Gasteiger partial charge in [0.25, 0.3) is 5.56 Å². The van der Waals surface area contributed by atoms with Crippen LogP contribution in [0.5, 0.6) is 0 Å². The average Bonchev–Trinajstić information content (AvgIpc) is 2.81. The summed E-state index contributed by atoms with van der Waals surface area (Å²) in [5.74, 6) is -0.574. The van der Waals surface area contributed by atoms with Crippen molar-refractivity contribution in [3.63, 3.8) is 0 Å². The lowest BCUT2D eigenvalue weighted by molar-refractivity contribution is 0.0600. The minimum Gasteiger partial charge on any atom is -0.465 e. The van der Waals surface area contributed by atoms with Crippen LogP contribution in [0.4, 0.5) is 5.69 Å². The number of rotatable bonds is 2. The molecule has 2 rings (SSSR count). The van der Waals surface area contributed by atoms with E-state index < -0.39 is 5.97 Å². The smallest absolute Gasteiger partial charge is 0.341 e. The first-order valence-electron chi connectivity index (χ1n) is 5.04. The van der Waals surface area contributed by atoms with Crippen molar-refractivity contribution in [2.45, 2.75) is 6.17 Å². The van der Waals surface area contributed by atoms with Gasteiger partial charge in [0.2, 0.25) is 0 Å². The number of nitrogen functional groups attached to an aromatic ring is 1. The topological polar surface area (TPSA) is 95.6 Å². The predicted octanol–water partition coefficient (Wildman–Crippen LogP) is -0.707. The Labute approximate surface area is 97.1 Å². The fourth-order valence-corrected chi connectivity index (χ4v) is 1.65. The summed E-state index contributed by atoms with van der Waals surface area (Å²) in [4.78, 5) is 23.2. The number of esters is 1. The van der Waals surface area contributed by atoms with Gasteiger partial charge in [-0.15, -0.1) is 0 Å². The van der Waals surface area contributed by atoms with Gasteiger partial charge in [0, 0.05) is 12.3 Å². The monoisotopic (exact) mass is 239 g/mol. The molecule has 1 aliphatic heterocycles. The molecule has 2 heterocycles. The van der Waals surface area contributed by atoms with Crippen molar-refractivity contribution in [1.29, 1.82) is 0 Å². The Morgan fingerprint density at radius 1 is 1.71 bits per heavy atom. The molecule has 0 saturated carbocycles. The number of carbonyl (C=O) groups excluding carboxylic acids is 1. The maximum Gasteiger partial charge on any atom is 0.341 e. The molecule has 3 N–H and O–H groups in total. The fraction of sp³-hybridized carbons (Fsp3) is 0.400. The highest BCUT2D eigenvalue weighted by Crippen LogP contribution is 2.13. The van der Waals surface area contributed by atoms with Gasteiger partial charge in [-0.1, -0.05) is 0 Å². The predicted molar refractivity (Wildman–Crippen MR) is 59.4 cm³/mol. The number of hydrogen-bond acceptors (Lipinski definition) is 6. The molecular formula is C10H13N3O4. The van der Waals surface area contributed by atoms with Crippen LogP contribution in [0.1, 0.15) is 16.5 Å². The molecule has 7 heteroatoms. The highest BCUT2D eigenvalue weighted by Gasteiger charge is 2.20. The van der Waals surface area contributed by atoms with Gasteiger partial charge < -0.3 is 15.2 Å². The van der Waals surface area contributed by atoms with Gasteiger partial charge >= 0.3 is 5.97 Å². The first-order chi connectivity index (χ1) is 8.13. The number of methoxy groups -OCH3 is 1. The minimum absolute atomic E-state index is 0.108. The molecule has 1 aromatic heterocycles. The van der Waals surface area contributed by atoms with E-state index in [0.29, 0.717) is 13.3 Å². The van der Waals surface area contributed by atoms with Gasteiger partial charge in [-0.2, -0.15) is 0 Å². The lowest BCUT2D eigenvalue weighted by atomic mass is 10.2. The Kier molecular flexibility index (Phi) is 3.12. The van der Waals surface area contributed by atoms with Gasteiger partial charge in [0.05, 0.1) is 31.7 Å². The first kappa shape index (κ1) is 11.6. The number of aromatic nitrogens is 1. The van der Waals surface area contributed by atoms with E-state index >= 15 is 0 Å². The lowest BCUT2D eigenvalue weighted by Gasteiger charge is -2.14. The van der Waals surface area contributed by atoms with Crippen LogP contribution in [0, 0.1) is 0 Å². The summed E-state index contributed by atoms with van der Waals surface area (Å²) in [5, 5.41) is 2.97. The van der Waals surface area contributed by atoms with Crippen molar-refractivity contribution < 1.29 is 14.3 Å². The van der Waals surface area contributed by atoms with Crippen molar-refractivity contribution >= 4 is 11.7 Å². The third-order valence-electron chi connectivity index (χ3n) is 2.55. The van der Waals surface area contributed by atoms with E-state index in [9.17, 15) is 9.59 Å². The number of nitrogens with two attached hydrogens (primary N) is 1. The number of hydrogen-bond donors (Lipinski definition) is 2. The molecule has 0 aliphatic carbocycles. The fourth-order valence-electron chi connectivity index (χ4n) is 1.65. The molecule has 92 valence electrons. The summed E-state index contributed by atoms with van der Waals surface area (Å²) in [6, 6.07) is 1.20. The van der Waals surface area contributed by atoms with E-state index in [2.05, 4.69) is 10.1 Å². The van der Waals surface area contributed by atoms with Gasteiger partial charge in [-0.3, -0.25) is 14.7 Å². The Morgan fingerprint density at radius 2 is 2.47 bits per heavy atom. The maximum atomic E-state index is 11.7. The SMILES string of the molecule is COC(=O)c1cn(C2COCN2)c(=O)cc1N. The van der Waals surface area contributed by atoms with Crippen LogP contribution >= 0.6 is 0 Å². The number of pyridine rings is 1. The van der Waals surface area contributed by atoms with Gasteiger partial charge in [0.15, 0.2) is 0 Å². The number of nitrogens with zero attached hydrogens (tertiary/aromatic N) is 1. The summed E-state index contributed by atoms with van der Waals surface area (Å²) in [5.41, 5.74) is 5.58. The van der Waals surface area contributed by atoms with E-state index in [1.54, 1.807) is 0 Å². The van der Waals surface area contributed by atoms with Crippen molar-refractivity contribution in [3.05, 3.63) is 28.2 Å². The van der Waals surface area contributed by atoms with Crippen LogP contribution in [-0.4, -0.2) is 31.0 Å². The molecule has 0 bridgehead atoms. The van der Waals surface area contributed by atoms with E-state index in [-0.39, 0.29) is 23.0 Å². The van der Waals surface area contributed by atoms with E-state index in [0.717, 1.165) is 0 Å². The highest BCUT2D eigenvalue weighted by atomic mass is 16.5. The highest BCUT2D eigenvalue weighted by molar-refractivity contribution is 5.94. The van der Waals surface area contributed by atoms with Crippen molar-refractivity contribution in [3.8, 4) is 0 Å². The molecule has 0 spiro atoms. The molecular weight excluding hydrogens is 226 g/mol. The second kappa shape index (κ2) is 4.56. The van der Waals surface area contributed by atoms with Crippen LogP contribution < -0.4 is 16.6 Å². The Bertz CT molecular complexity index is 491. The normalized spacial score (nSPS) is 19.2. The van der Waals surface area contributed by atoms with Crippen molar-refractivity contribution in [2.24, 2.45) is 0 Å². The number of nitrogens with one attached hydrogen (secondary N) is 1. The molecule has 17 heavy (non-hydrogen) atoms. The first-order valence-corrected chi connectivity index (χ1v) is 5.04. The molecule has 7 nitrogen and oxygen atoms in total. The molecule has 0 amide bonds. The Hall–Kier alpha value is -1.86. The summed E-state index contributed by atoms with van der Waals surface area (Å²) < 4.78 is 11.1. The summed E-state index contributed by atoms with van der Waals surface area (Å²) in [6.07, 6.45) is 1.10. The van der Waals surface area contributed by atoms with Crippen LogP contribution in [0.3, 0.4) is 0 Å². The molecule has 0 aromatic carbocycles. The molecule has 1 unspecified atom stereocenters. The summed E-state index contributed by atoms with van der Waals surface area (Å²) in [6.45, 7) is 0.736. The Balaban J connectivity index is 2.45. The van der Waals surface area contributed by atoms with Crippen LogP contribution in [0.25, 0.3) is 0 Å².